The molecule has 0 fully saturated rings. The Hall–Kier alpha value is -3.17. The van der Waals surface area contributed by atoms with Gasteiger partial charge in [-0.3, -0.25) is 4.79 Å². The van der Waals surface area contributed by atoms with Crippen molar-refractivity contribution in [1.29, 1.82) is 5.26 Å². The number of ether oxygens (including phenoxy) is 1. The Morgan fingerprint density at radius 2 is 1.92 bits per heavy atom. The van der Waals surface area contributed by atoms with Crippen LogP contribution in [0.5, 0.6) is 5.75 Å². The molecule has 0 radical (unpaired) electrons. The lowest BCUT2D eigenvalue weighted by Crippen LogP contribution is -2.11. The number of carbonyl (C=O) groups excluding carboxylic acids is 1. The highest BCUT2D eigenvalue weighted by atomic mass is 32.1. The van der Waals surface area contributed by atoms with Crippen LogP contribution >= 0.6 is 11.3 Å². The van der Waals surface area contributed by atoms with Gasteiger partial charge in [-0.2, -0.15) is 5.26 Å². The molecule has 0 spiro atoms. The number of carbonyl (C=O) groups is 1. The van der Waals surface area contributed by atoms with Crippen molar-refractivity contribution in [2.24, 2.45) is 0 Å². The van der Waals surface area contributed by atoms with Crippen molar-refractivity contribution >= 4 is 22.9 Å². The van der Waals surface area contributed by atoms with Crippen LogP contribution in [0.2, 0.25) is 0 Å². The Kier molecular flexibility index (Phi) is 5.39. The van der Waals surface area contributed by atoms with Crippen LogP contribution in [0, 0.1) is 11.3 Å². The molecule has 5 nitrogen and oxygen atoms in total. The fraction of sp³-hybridized carbons (Fsp3) is 0.105. The number of nitrogens with zero attached hydrogens (tertiary/aromatic N) is 2. The summed E-state index contributed by atoms with van der Waals surface area (Å²) in [5, 5.41) is 13.4. The van der Waals surface area contributed by atoms with Crippen LogP contribution in [-0.2, 0) is 13.0 Å². The Balaban J connectivity index is 1.57. The normalized spacial score (nSPS) is 10.0. The van der Waals surface area contributed by atoms with Gasteiger partial charge in [0.25, 0.3) is 5.91 Å². The van der Waals surface area contributed by atoms with Gasteiger partial charge in [0.1, 0.15) is 12.4 Å². The van der Waals surface area contributed by atoms with Crippen molar-refractivity contribution < 1.29 is 9.53 Å². The van der Waals surface area contributed by atoms with Gasteiger partial charge in [-0.1, -0.05) is 12.1 Å². The van der Waals surface area contributed by atoms with Gasteiger partial charge in [-0.15, -0.1) is 11.3 Å². The van der Waals surface area contributed by atoms with E-state index in [1.807, 2.05) is 17.5 Å². The highest BCUT2D eigenvalue weighted by molar-refractivity contribution is 7.07. The van der Waals surface area contributed by atoms with Crippen molar-refractivity contribution in [2.45, 2.75) is 13.0 Å². The maximum Gasteiger partial charge on any atom is 0.255 e. The van der Waals surface area contributed by atoms with Crippen molar-refractivity contribution in [3.05, 3.63) is 76.2 Å². The summed E-state index contributed by atoms with van der Waals surface area (Å²) in [5.41, 5.74) is 4.80. The van der Waals surface area contributed by atoms with Crippen LogP contribution in [0.25, 0.3) is 0 Å². The predicted molar refractivity (Wildman–Crippen MR) is 96.6 cm³/mol. The van der Waals surface area contributed by atoms with Gasteiger partial charge in [-0.05, 0) is 42.0 Å². The third kappa shape index (κ3) is 4.66. The number of aromatic nitrogens is 1. The van der Waals surface area contributed by atoms with Crippen molar-refractivity contribution in [3.63, 3.8) is 0 Å². The number of hydrogen-bond donors (Lipinski definition) is 1. The summed E-state index contributed by atoms with van der Waals surface area (Å²) < 4.78 is 5.63. The topological polar surface area (TPSA) is 75.0 Å². The number of thiazole rings is 1. The van der Waals surface area contributed by atoms with E-state index in [0.29, 0.717) is 30.0 Å². The van der Waals surface area contributed by atoms with Gasteiger partial charge in [0, 0.05) is 16.6 Å². The summed E-state index contributed by atoms with van der Waals surface area (Å²) in [7, 11) is 0. The molecule has 0 saturated heterocycles. The molecular formula is C19H15N3O2S. The van der Waals surface area contributed by atoms with E-state index in [1.165, 1.54) is 11.3 Å². The lowest BCUT2D eigenvalue weighted by Gasteiger charge is -2.08. The van der Waals surface area contributed by atoms with Crippen molar-refractivity contribution in [3.8, 4) is 11.8 Å². The summed E-state index contributed by atoms with van der Waals surface area (Å²) in [5.74, 6) is 0.490. The number of hydrogen-bond acceptors (Lipinski definition) is 5. The van der Waals surface area contributed by atoms with E-state index in [0.717, 1.165) is 11.3 Å². The van der Waals surface area contributed by atoms with Gasteiger partial charge in [0.05, 0.1) is 23.7 Å². The maximum absolute atomic E-state index is 12.3. The number of benzene rings is 2. The van der Waals surface area contributed by atoms with E-state index < -0.39 is 0 Å². The summed E-state index contributed by atoms with van der Waals surface area (Å²) in [6, 6.07) is 16.3. The van der Waals surface area contributed by atoms with E-state index in [-0.39, 0.29) is 5.91 Å². The fourth-order valence-corrected chi connectivity index (χ4v) is 2.71. The molecule has 0 aliphatic carbocycles. The van der Waals surface area contributed by atoms with Gasteiger partial charge < -0.3 is 10.1 Å². The Bertz CT molecular complexity index is 867. The second kappa shape index (κ2) is 8.08. The third-order valence-electron chi connectivity index (χ3n) is 3.48. The van der Waals surface area contributed by atoms with E-state index in [1.54, 1.807) is 41.9 Å². The largest absolute Gasteiger partial charge is 0.487 e. The minimum absolute atomic E-state index is 0.195. The van der Waals surface area contributed by atoms with Crippen molar-refractivity contribution in [1.82, 2.24) is 4.98 Å². The first kappa shape index (κ1) is 16.7. The summed E-state index contributed by atoms with van der Waals surface area (Å²) >= 11 is 1.53. The second-order valence-electron chi connectivity index (χ2n) is 5.28. The van der Waals surface area contributed by atoms with E-state index in [4.69, 9.17) is 10.00 Å². The highest BCUT2D eigenvalue weighted by Gasteiger charge is 2.07. The molecule has 124 valence electrons. The van der Waals surface area contributed by atoms with E-state index >= 15 is 0 Å². The van der Waals surface area contributed by atoms with Crippen molar-refractivity contribution in [2.75, 3.05) is 5.32 Å². The van der Waals surface area contributed by atoms with Gasteiger partial charge in [0.15, 0.2) is 0 Å². The smallest absolute Gasteiger partial charge is 0.255 e. The lowest BCUT2D eigenvalue weighted by molar-refractivity contribution is 0.102. The van der Waals surface area contributed by atoms with Crippen LogP contribution < -0.4 is 10.1 Å². The average molecular weight is 349 g/mol. The van der Waals surface area contributed by atoms with Crippen LogP contribution in [0.4, 0.5) is 5.69 Å². The van der Waals surface area contributed by atoms with Crippen LogP contribution in [-0.4, -0.2) is 10.9 Å². The standard InChI is InChI=1S/C19H15N3O2S/c20-10-9-14-1-5-16(6-2-14)22-19(23)15-3-7-18(8-4-15)24-11-17-12-25-13-21-17/h1-8,12-13H,9,11H2,(H,22,23). The zero-order valence-electron chi connectivity index (χ0n) is 13.3. The lowest BCUT2D eigenvalue weighted by atomic mass is 10.1. The third-order valence-corrected chi connectivity index (χ3v) is 4.12. The van der Waals surface area contributed by atoms with Crippen LogP contribution in [0.15, 0.2) is 59.4 Å². The molecular weight excluding hydrogens is 334 g/mol. The number of amides is 1. The molecule has 0 aliphatic heterocycles. The first-order chi connectivity index (χ1) is 12.2. The first-order valence-electron chi connectivity index (χ1n) is 7.62. The first-order valence-corrected chi connectivity index (χ1v) is 8.56. The number of nitriles is 1. The quantitative estimate of drug-likeness (QED) is 0.729. The van der Waals surface area contributed by atoms with Gasteiger partial charge in [-0.25, -0.2) is 4.98 Å². The van der Waals surface area contributed by atoms with E-state index in [2.05, 4.69) is 16.4 Å². The molecule has 0 saturated carbocycles. The molecule has 2 aromatic carbocycles. The van der Waals surface area contributed by atoms with E-state index in [9.17, 15) is 4.79 Å². The molecule has 0 aliphatic rings. The zero-order chi connectivity index (χ0) is 17.5. The van der Waals surface area contributed by atoms with Crippen LogP contribution in [0.1, 0.15) is 21.6 Å². The average Bonchev–Trinajstić information content (AvgIpc) is 3.16. The van der Waals surface area contributed by atoms with Crippen LogP contribution in [0.3, 0.4) is 0 Å². The molecule has 0 atom stereocenters. The zero-order valence-corrected chi connectivity index (χ0v) is 14.1. The molecule has 3 rings (SSSR count). The molecule has 3 aromatic rings. The van der Waals surface area contributed by atoms with Gasteiger partial charge in [0.2, 0.25) is 0 Å². The minimum Gasteiger partial charge on any atom is -0.487 e. The molecule has 1 N–H and O–H groups in total. The monoisotopic (exact) mass is 349 g/mol. The Labute approximate surface area is 149 Å². The fourth-order valence-electron chi connectivity index (χ4n) is 2.17. The number of nitrogens with one attached hydrogen (secondary N) is 1. The Morgan fingerprint density at radius 1 is 1.16 bits per heavy atom. The highest BCUT2D eigenvalue weighted by Crippen LogP contribution is 2.16. The molecule has 1 heterocycles. The minimum atomic E-state index is -0.195. The summed E-state index contributed by atoms with van der Waals surface area (Å²) in [4.78, 5) is 16.4. The summed E-state index contributed by atoms with van der Waals surface area (Å²) in [6.07, 6.45) is 0.358. The maximum atomic E-state index is 12.3. The molecule has 25 heavy (non-hydrogen) atoms. The molecule has 1 amide bonds. The molecule has 1 aromatic heterocycles. The number of anilines is 1. The number of rotatable bonds is 6. The molecule has 6 heteroatoms. The molecule has 0 bridgehead atoms. The molecule has 0 unspecified atom stereocenters. The van der Waals surface area contributed by atoms with Gasteiger partial charge >= 0.3 is 0 Å². The predicted octanol–water partition coefficient (Wildman–Crippen LogP) is 4.04. The SMILES string of the molecule is N#CCc1ccc(NC(=O)c2ccc(OCc3cscn3)cc2)cc1. The summed E-state index contributed by atoms with van der Waals surface area (Å²) in [6.45, 7) is 0.407. The Morgan fingerprint density at radius 3 is 2.56 bits per heavy atom. The second-order valence-corrected chi connectivity index (χ2v) is 6.00.